The fourth-order valence-corrected chi connectivity index (χ4v) is 1.74. The second kappa shape index (κ2) is 3.69. The van der Waals surface area contributed by atoms with Gasteiger partial charge in [0, 0.05) is 25.7 Å². The lowest BCUT2D eigenvalue weighted by atomic mass is 10.1. The van der Waals surface area contributed by atoms with Crippen LogP contribution in [-0.2, 0) is 0 Å². The van der Waals surface area contributed by atoms with Crippen LogP contribution in [0.2, 0.25) is 0 Å². The van der Waals surface area contributed by atoms with Gasteiger partial charge in [0.15, 0.2) is 5.96 Å². The monoisotopic (exact) mass is 211 g/mol. The Labute approximate surface area is 94.2 Å². The Morgan fingerprint density at radius 1 is 1.00 bits per heavy atom. The van der Waals surface area contributed by atoms with Crippen LogP contribution in [0.1, 0.15) is 41.5 Å². The summed E-state index contributed by atoms with van der Waals surface area (Å²) in [4.78, 5) is 9.44. The van der Waals surface area contributed by atoms with Crippen LogP contribution < -0.4 is 0 Å². The van der Waals surface area contributed by atoms with Crippen molar-refractivity contribution in [3.05, 3.63) is 0 Å². The molecule has 0 bridgehead atoms. The lowest BCUT2D eigenvalue weighted by Crippen LogP contribution is -2.45. The number of hydrogen-bond donors (Lipinski definition) is 0. The van der Waals surface area contributed by atoms with Crippen molar-refractivity contribution in [1.82, 2.24) is 9.80 Å². The summed E-state index contributed by atoms with van der Waals surface area (Å²) in [5.41, 5.74) is 0.159. The van der Waals surface area contributed by atoms with Crippen molar-refractivity contribution in [2.75, 3.05) is 20.1 Å². The first-order valence-corrected chi connectivity index (χ1v) is 5.70. The van der Waals surface area contributed by atoms with Gasteiger partial charge in [0.1, 0.15) is 0 Å². The molecular formula is C12H25N3. The highest BCUT2D eigenvalue weighted by molar-refractivity contribution is 5.82. The number of likely N-dealkylation sites (N-methyl/N-ethyl adjacent to an activating group) is 1. The number of aliphatic imine (C=N–C) groups is 1. The van der Waals surface area contributed by atoms with Gasteiger partial charge in [-0.15, -0.1) is 0 Å². The Morgan fingerprint density at radius 3 is 1.93 bits per heavy atom. The summed E-state index contributed by atoms with van der Waals surface area (Å²) in [7, 11) is 2.12. The average molecular weight is 211 g/mol. The minimum Gasteiger partial charge on any atom is -0.344 e. The molecular weight excluding hydrogens is 186 g/mol. The molecule has 0 unspecified atom stereocenters. The van der Waals surface area contributed by atoms with E-state index in [0.717, 1.165) is 19.0 Å². The predicted molar refractivity (Wildman–Crippen MR) is 66.3 cm³/mol. The second-order valence-electron chi connectivity index (χ2n) is 6.33. The van der Waals surface area contributed by atoms with Crippen molar-refractivity contribution in [3.8, 4) is 0 Å². The topological polar surface area (TPSA) is 18.8 Å². The van der Waals surface area contributed by atoms with Crippen molar-refractivity contribution in [3.63, 3.8) is 0 Å². The number of nitrogens with zero attached hydrogens (tertiary/aromatic N) is 3. The summed E-state index contributed by atoms with van der Waals surface area (Å²) >= 11 is 0. The summed E-state index contributed by atoms with van der Waals surface area (Å²) in [6.07, 6.45) is 0. The molecule has 0 N–H and O–H groups in total. The molecule has 0 atom stereocenters. The molecule has 1 heterocycles. The van der Waals surface area contributed by atoms with Crippen LogP contribution in [0.5, 0.6) is 0 Å². The van der Waals surface area contributed by atoms with Gasteiger partial charge >= 0.3 is 0 Å². The van der Waals surface area contributed by atoms with E-state index in [0.29, 0.717) is 0 Å². The first kappa shape index (κ1) is 12.3. The molecule has 1 aliphatic rings. The molecule has 0 saturated carbocycles. The fraction of sp³-hybridized carbons (Fsp3) is 0.917. The molecule has 0 aliphatic carbocycles. The maximum Gasteiger partial charge on any atom is 0.197 e. The van der Waals surface area contributed by atoms with Crippen molar-refractivity contribution >= 4 is 5.96 Å². The third kappa shape index (κ3) is 3.11. The van der Waals surface area contributed by atoms with Gasteiger partial charge in [-0.05, 0) is 41.5 Å². The zero-order valence-corrected chi connectivity index (χ0v) is 11.3. The van der Waals surface area contributed by atoms with E-state index in [9.17, 15) is 0 Å². The van der Waals surface area contributed by atoms with Crippen molar-refractivity contribution in [1.29, 1.82) is 0 Å². The summed E-state index contributed by atoms with van der Waals surface area (Å²) in [5, 5.41) is 0. The van der Waals surface area contributed by atoms with E-state index in [-0.39, 0.29) is 11.1 Å². The van der Waals surface area contributed by atoms with Crippen molar-refractivity contribution in [2.45, 2.75) is 52.6 Å². The third-order valence-corrected chi connectivity index (χ3v) is 2.49. The molecule has 15 heavy (non-hydrogen) atoms. The zero-order valence-electron chi connectivity index (χ0n) is 11.3. The quantitative estimate of drug-likeness (QED) is 0.611. The first-order chi connectivity index (χ1) is 6.61. The first-order valence-electron chi connectivity index (χ1n) is 5.70. The van der Waals surface area contributed by atoms with E-state index in [2.05, 4.69) is 58.4 Å². The van der Waals surface area contributed by atoms with Gasteiger partial charge in [-0.3, -0.25) is 0 Å². The van der Waals surface area contributed by atoms with Gasteiger partial charge in [-0.1, -0.05) is 0 Å². The summed E-state index contributed by atoms with van der Waals surface area (Å²) in [6.45, 7) is 15.3. The maximum atomic E-state index is 4.81. The molecule has 1 saturated heterocycles. The molecule has 1 rings (SSSR count). The van der Waals surface area contributed by atoms with E-state index in [1.165, 1.54) is 0 Å². The molecule has 1 fully saturated rings. The number of guanidine groups is 1. The van der Waals surface area contributed by atoms with Crippen molar-refractivity contribution < 1.29 is 0 Å². The minimum atomic E-state index is -0.00255. The summed E-state index contributed by atoms with van der Waals surface area (Å²) < 4.78 is 0. The zero-order chi connectivity index (χ0) is 11.9. The maximum absolute atomic E-state index is 4.81. The Bertz CT molecular complexity index is 255. The van der Waals surface area contributed by atoms with E-state index in [1.54, 1.807) is 0 Å². The Morgan fingerprint density at radius 2 is 1.53 bits per heavy atom. The second-order valence-corrected chi connectivity index (χ2v) is 6.33. The molecule has 1 aliphatic heterocycles. The van der Waals surface area contributed by atoms with Crippen LogP contribution in [0.25, 0.3) is 0 Å². The molecule has 0 radical (unpaired) electrons. The van der Waals surface area contributed by atoms with E-state index < -0.39 is 0 Å². The largest absolute Gasteiger partial charge is 0.344 e. The highest BCUT2D eigenvalue weighted by Crippen LogP contribution is 2.21. The minimum absolute atomic E-state index is 0.00255. The fourth-order valence-electron chi connectivity index (χ4n) is 1.74. The van der Waals surface area contributed by atoms with Gasteiger partial charge in [-0.25, -0.2) is 4.99 Å². The van der Waals surface area contributed by atoms with Gasteiger partial charge < -0.3 is 9.80 Å². The van der Waals surface area contributed by atoms with Gasteiger partial charge in [0.05, 0.1) is 5.54 Å². The van der Waals surface area contributed by atoms with Crippen molar-refractivity contribution in [2.24, 2.45) is 4.99 Å². The van der Waals surface area contributed by atoms with E-state index in [4.69, 9.17) is 4.99 Å². The van der Waals surface area contributed by atoms with Crippen LogP contribution in [0, 0.1) is 0 Å². The smallest absolute Gasteiger partial charge is 0.197 e. The molecule has 0 aromatic carbocycles. The molecule has 0 aromatic rings. The molecule has 3 heteroatoms. The van der Waals surface area contributed by atoms with Crippen LogP contribution in [0.15, 0.2) is 4.99 Å². The lowest BCUT2D eigenvalue weighted by Gasteiger charge is -2.35. The highest BCUT2D eigenvalue weighted by atomic mass is 15.4. The molecule has 3 nitrogen and oxygen atoms in total. The normalized spacial score (nSPS) is 21.7. The highest BCUT2D eigenvalue weighted by Gasteiger charge is 2.32. The summed E-state index contributed by atoms with van der Waals surface area (Å²) in [6, 6.07) is 0. The summed E-state index contributed by atoms with van der Waals surface area (Å²) in [5.74, 6) is 1.13. The van der Waals surface area contributed by atoms with Crippen LogP contribution in [0.4, 0.5) is 0 Å². The van der Waals surface area contributed by atoms with Crippen LogP contribution in [0.3, 0.4) is 0 Å². The standard InChI is InChI=1S/C12H25N3/c1-11(2,3)13-10-14(7)8-9-15(10)12(4,5)6/h8-9H2,1-7H3. The van der Waals surface area contributed by atoms with Gasteiger partial charge in [0.2, 0.25) is 0 Å². The lowest BCUT2D eigenvalue weighted by molar-refractivity contribution is 0.256. The molecule has 0 aromatic heterocycles. The molecule has 0 spiro atoms. The number of rotatable bonds is 0. The Hall–Kier alpha value is -0.730. The Balaban J connectivity index is 2.97. The average Bonchev–Trinajstić information content (AvgIpc) is 2.28. The predicted octanol–water partition coefficient (Wildman–Crippen LogP) is 2.19. The van der Waals surface area contributed by atoms with Crippen LogP contribution >= 0.6 is 0 Å². The van der Waals surface area contributed by atoms with Gasteiger partial charge in [0.25, 0.3) is 0 Å². The third-order valence-electron chi connectivity index (χ3n) is 2.49. The van der Waals surface area contributed by atoms with Crippen LogP contribution in [-0.4, -0.2) is 47.0 Å². The van der Waals surface area contributed by atoms with Gasteiger partial charge in [-0.2, -0.15) is 0 Å². The van der Waals surface area contributed by atoms with E-state index >= 15 is 0 Å². The Kier molecular flexibility index (Phi) is 3.04. The molecule has 0 amide bonds. The molecule has 88 valence electrons. The SMILES string of the molecule is CN1CCN(C(C)(C)C)C1=NC(C)(C)C. The van der Waals surface area contributed by atoms with E-state index in [1.807, 2.05) is 0 Å². The number of hydrogen-bond acceptors (Lipinski definition) is 1.